The first-order valence-corrected chi connectivity index (χ1v) is 13.9. The third-order valence-corrected chi connectivity index (χ3v) is 11.7. The van der Waals surface area contributed by atoms with E-state index in [0.29, 0.717) is 23.5 Å². The summed E-state index contributed by atoms with van der Waals surface area (Å²) in [5.74, 6) is 2.97. The van der Waals surface area contributed by atoms with E-state index >= 15 is 0 Å². The molecule has 4 fully saturated rings. The van der Waals surface area contributed by atoms with Gasteiger partial charge in [-0.3, -0.25) is 4.79 Å². The number of rotatable bonds is 5. The molecule has 1 N–H and O–H groups in total. The molecule has 4 aliphatic carbocycles. The Hall–Kier alpha value is -1.39. The highest BCUT2D eigenvalue weighted by Crippen LogP contribution is 2.73. The Morgan fingerprint density at radius 2 is 1.71 bits per heavy atom. The molecule has 4 nitrogen and oxygen atoms in total. The van der Waals surface area contributed by atoms with Gasteiger partial charge in [-0.1, -0.05) is 13.8 Å². The fraction of sp³-hybridized carbons (Fsp3) is 0.774. The second kappa shape index (κ2) is 8.58. The second-order valence-corrected chi connectivity index (χ2v) is 13.4. The minimum atomic E-state index is -0.542. The smallest absolute Gasteiger partial charge is 0.166 e. The van der Waals surface area contributed by atoms with E-state index in [1.54, 1.807) is 7.11 Å². The van der Waals surface area contributed by atoms with Crippen LogP contribution in [0.1, 0.15) is 94.5 Å². The van der Waals surface area contributed by atoms with Crippen molar-refractivity contribution in [2.75, 3.05) is 20.8 Å². The second-order valence-electron chi connectivity index (χ2n) is 13.4. The molecule has 1 aromatic rings. The summed E-state index contributed by atoms with van der Waals surface area (Å²) >= 11 is 0. The van der Waals surface area contributed by atoms with Crippen LogP contribution in [0.4, 0.5) is 0 Å². The monoisotopic (exact) mass is 482 g/mol. The summed E-state index contributed by atoms with van der Waals surface area (Å²) in [5, 5.41) is 10.9. The number of aliphatic hydroxyl groups is 1. The molecular weight excluding hydrogens is 436 g/mol. The maximum absolute atomic E-state index is 14.0. The Balaban J connectivity index is 1.46. The molecule has 194 valence electrons. The number of aryl methyl sites for hydroxylation is 1. The number of carbonyl (C=O) groups is 1. The van der Waals surface area contributed by atoms with Crippen LogP contribution >= 0.6 is 0 Å². The van der Waals surface area contributed by atoms with Crippen LogP contribution in [0.5, 0.6) is 5.75 Å². The van der Waals surface area contributed by atoms with Gasteiger partial charge in [0.05, 0.1) is 19.3 Å². The van der Waals surface area contributed by atoms with E-state index in [0.717, 1.165) is 62.0 Å². The van der Waals surface area contributed by atoms with Crippen molar-refractivity contribution in [1.82, 2.24) is 0 Å². The summed E-state index contributed by atoms with van der Waals surface area (Å²) in [6.45, 7) is 9.88. The lowest BCUT2D eigenvalue weighted by Gasteiger charge is -2.67. The molecule has 4 saturated carbocycles. The van der Waals surface area contributed by atoms with Gasteiger partial charge in [-0.15, -0.1) is 0 Å². The van der Waals surface area contributed by atoms with E-state index in [1.807, 2.05) is 39.2 Å². The van der Waals surface area contributed by atoms with Gasteiger partial charge in [-0.25, -0.2) is 0 Å². The van der Waals surface area contributed by atoms with Crippen molar-refractivity contribution in [3.8, 4) is 5.75 Å². The normalized spacial score (nSPS) is 44.8. The van der Waals surface area contributed by atoms with Gasteiger partial charge in [0, 0.05) is 24.0 Å². The molecule has 35 heavy (non-hydrogen) atoms. The molecule has 1 aromatic carbocycles. The summed E-state index contributed by atoms with van der Waals surface area (Å²) in [4.78, 5) is 14.0. The lowest BCUT2D eigenvalue weighted by atomic mass is 9.38. The number of fused-ring (bicyclic) bond motifs is 5. The summed E-state index contributed by atoms with van der Waals surface area (Å²) < 4.78 is 11.3. The first-order valence-electron chi connectivity index (χ1n) is 13.9. The molecule has 4 aliphatic rings. The summed E-state index contributed by atoms with van der Waals surface area (Å²) in [6.07, 6.45) is 9.69. The van der Waals surface area contributed by atoms with Crippen LogP contribution in [0.3, 0.4) is 0 Å². The number of ether oxygens (including phenoxy) is 2. The minimum absolute atomic E-state index is 0.0515. The number of hydrogen-bond acceptors (Lipinski definition) is 4. The van der Waals surface area contributed by atoms with Crippen LogP contribution < -0.4 is 4.74 Å². The van der Waals surface area contributed by atoms with Crippen LogP contribution in [0, 0.1) is 46.8 Å². The van der Waals surface area contributed by atoms with Gasteiger partial charge in [-0.05, 0) is 124 Å². The first-order chi connectivity index (χ1) is 16.5. The average molecular weight is 483 g/mol. The number of carbonyl (C=O) groups excluding carboxylic acids is 1. The van der Waals surface area contributed by atoms with Gasteiger partial charge in [0.25, 0.3) is 0 Å². The fourth-order valence-corrected chi connectivity index (χ4v) is 10.1. The Bertz CT molecular complexity index is 984. The molecule has 0 unspecified atom stereocenters. The van der Waals surface area contributed by atoms with E-state index in [4.69, 9.17) is 9.47 Å². The van der Waals surface area contributed by atoms with Crippen molar-refractivity contribution in [1.29, 1.82) is 0 Å². The van der Waals surface area contributed by atoms with Gasteiger partial charge in [0.2, 0.25) is 0 Å². The van der Waals surface area contributed by atoms with Crippen molar-refractivity contribution >= 4 is 5.78 Å². The quantitative estimate of drug-likeness (QED) is 0.480. The Labute approximate surface area is 212 Å². The highest BCUT2D eigenvalue weighted by molar-refractivity contribution is 6.00. The lowest BCUT2D eigenvalue weighted by molar-refractivity contribution is -0.207. The largest absolute Gasteiger partial charge is 0.497 e. The van der Waals surface area contributed by atoms with Crippen molar-refractivity contribution in [2.24, 2.45) is 39.9 Å². The highest BCUT2D eigenvalue weighted by Gasteiger charge is 2.67. The molecule has 0 radical (unpaired) electrons. The molecule has 8 atom stereocenters. The molecule has 0 saturated heterocycles. The summed E-state index contributed by atoms with van der Waals surface area (Å²) in [6, 6.07) is 5.90. The number of Topliss-reactive ketones (excluding diaryl/α,β-unsaturated/α-hetero) is 1. The first kappa shape index (κ1) is 25.3. The molecule has 0 aromatic heterocycles. The summed E-state index contributed by atoms with van der Waals surface area (Å²) in [7, 11) is 3.54. The molecule has 0 aliphatic heterocycles. The van der Waals surface area contributed by atoms with Gasteiger partial charge in [0.1, 0.15) is 5.75 Å². The van der Waals surface area contributed by atoms with Crippen LogP contribution in [-0.2, 0) is 4.74 Å². The Morgan fingerprint density at radius 1 is 0.971 bits per heavy atom. The number of benzene rings is 1. The number of hydrogen-bond donors (Lipinski definition) is 1. The molecular formula is C31H46O4. The van der Waals surface area contributed by atoms with Crippen LogP contribution in [0.25, 0.3) is 0 Å². The molecule has 5 rings (SSSR count). The SMILES string of the molecule is COC[C@]12CC[C@@](C)(O)C[C@@H]1CC[C@@]1(C)[C@@H]3CC[C@H](C(=O)c4ccc(OC)cc4C)[C@@]3(C)CC[C@@H]12. The highest BCUT2D eigenvalue weighted by atomic mass is 16.5. The topological polar surface area (TPSA) is 55.8 Å². The number of methoxy groups -OCH3 is 2. The Kier molecular flexibility index (Phi) is 6.20. The van der Waals surface area contributed by atoms with Crippen LogP contribution in [0.2, 0.25) is 0 Å². The van der Waals surface area contributed by atoms with Gasteiger partial charge in [-0.2, -0.15) is 0 Å². The van der Waals surface area contributed by atoms with Crippen LogP contribution in [0.15, 0.2) is 18.2 Å². The predicted molar refractivity (Wildman–Crippen MR) is 139 cm³/mol. The molecule has 4 heteroatoms. The minimum Gasteiger partial charge on any atom is -0.497 e. The standard InChI is InChI=1S/C31H46O4/c1-20-17-22(35-6)7-8-23(20)27(32)24-9-10-25-29(24,3)14-12-26-30(25,4)13-11-21-18-28(2,33)15-16-31(21,26)19-34-5/h7-8,17,21,24-26,33H,9-16,18-19H2,1-6H3/t21-,24+,25+,26-,28+,29+,30-,31+/m0/s1. The maximum Gasteiger partial charge on any atom is 0.166 e. The molecule has 0 spiro atoms. The molecule has 0 amide bonds. The zero-order chi connectivity index (χ0) is 25.2. The third kappa shape index (κ3) is 3.72. The third-order valence-electron chi connectivity index (χ3n) is 11.7. The van der Waals surface area contributed by atoms with E-state index < -0.39 is 5.60 Å². The zero-order valence-electron chi connectivity index (χ0n) is 22.8. The van der Waals surface area contributed by atoms with Gasteiger partial charge >= 0.3 is 0 Å². The van der Waals surface area contributed by atoms with Gasteiger partial charge in [0.15, 0.2) is 5.78 Å². The summed E-state index contributed by atoms with van der Waals surface area (Å²) in [5.41, 5.74) is 1.81. The predicted octanol–water partition coefficient (Wildman–Crippen LogP) is 6.61. The van der Waals surface area contributed by atoms with E-state index in [9.17, 15) is 9.90 Å². The molecule has 0 heterocycles. The van der Waals surface area contributed by atoms with Crippen molar-refractivity contribution in [3.63, 3.8) is 0 Å². The fourth-order valence-electron chi connectivity index (χ4n) is 10.1. The average Bonchev–Trinajstić information content (AvgIpc) is 3.17. The molecule has 0 bridgehead atoms. The number of ketones is 1. The van der Waals surface area contributed by atoms with E-state index in [2.05, 4.69) is 13.8 Å². The van der Waals surface area contributed by atoms with Crippen molar-refractivity contribution in [3.05, 3.63) is 29.3 Å². The van der Waals surface area contributed by atoms with E-state index in [1.165, 1.54) is 19.3 Å². The van der Waals surface area contributed by atoms with Crippen molar-refractivity contribution < 1.29 is 19.4 Å². The zero-order valence-corrected chi connectivity index (χ0v) is 22.8. The van der Waals surface area contributed by atoms with Gasteiger partial charge < -0.3 is 14.6 Å². The van der Waals surface area contributed by atoms with Crippen molar-refractivity contribution in [2.45, 2.75) is 91.1 Å². The maximum atomic E-state index is 14.0. The lowest BCUT2D eigenvalue weighted by Crippen LogP contribution is -2.62. The Morgan fingerprint density at radius 3 is 2.40 bits per heavy atom. The van der Waals surface area contributed by atoms with E-state index in [-0.39, 0.29) is 22.2 Å². The van der Waals surface area contributed by atoms with Crippen LogP contribution in [-0.4, -0.2) is 37.3 Å².